The Hall–Kier alpha value is -3.48. The van der Waals surface area contributed by atoms with Crippen molar-refractivity contribution in [1.29, 1.82) is 0 Å². The number of nitrogens with zero attached hydrogens (tertiary/aromatic N) is 3. The SMILES string of the molecule is CCOC(=O)c1c(-c2ccc([N+](=O)[O-])cc2)nn(-c2ccc(C)cc2)c1C. The number of esters is 1. The Morgan fingerprint density at radius 3 is 2.30 bits per heavy atom. The summed E-state index contributed by atoms with van der Waals surface area (Å²) in [6.07, 6.45) is 0. The summed E-state index contributed by atoms with van der Waals surface area (Å²) >= 11 is 0. The van der Waals surface area contributed by atoms with Gasteiger partial charge in [0.05, 0.1) is 22.9 Å². The first-order valence-corrected chi connectivity index (χ1v) is 8.51. The fourth-order valence-corrected chi connectivity index (χ4v) is 2.83. The number of aryl methyl sites for hydroxylation is 1. The van der Waals surface area contributed by atoms with Gasteiger partial charge in [-0.25, -0.2) is 9.48 Å². The molecular formula is C20H19N3O4. The summed E-state index contributed by atoms with van der Waals surface area (Å²) in [7, 11) is 0. The molecule has 0 radical (unpaired) electrons. The Bertz CT molecular complexity index is 989. The summed E-state index contributed by atoms with van der Waals surface area (Å²) in [5, 5.41) is 15.5. The standard InChI is InChI=1S/C20H19N3O4/c1-4-27-20(24)18-14(3)22(16-9-5-13(2)6-10-16)21-19(18)15-7-11-17(12-8-15)23(25)26/h5-12H,4H2,1-3H3. The van der Waals surface area contributed by atoms with Gasteiger partial charge in [-0.3, -0.25) is 10.1 Å². The molecule has 2 aromatic carbocycles. The van der Waals surface area contributed by atoms with E-state index in [2.05, 4.69) is 5.10 Å². The normalized spacial score (nSPS) is 10.6. The number of ether oxygens (including phenoxy) is 1. The number of hydrogen-bond donors (Lipinski definition) is 0. The molecule has 0 spiro atoms. The quantitative estimate of drug-likeness (QED) is 0.383. The topological polar surface area (TPSA) is 87.3 Å². The average molecular weight is 365 g/mol. The van der Waals surface area contributed by atoms with Gasteiger partial charge in [-0.15, -0.1) is 0 Å². The van der Waals surface area contributed by atoms with Gasteiger partial charge in [-0.2, -0.15) is 5.10 Å². The van der Waals surface area contributed by atoms with Crippen LogP contribution in [-0.2, 0) is 4.74 Å². The summed E-state index contributed by atoms with van der Waals surface area (Å²) in [5.41, 5.74) is 3.95. The lowest BCUT2D eigenvalue weighted by atomic mass is 10.1. The van der Waals surface area contributed by atoms with Crippen LogP contribution in [0.15, 0.2) is 48.5 Å². The molecule has 27 heavy (non-hydrogen) atoms. The van der Waals surface area contributed by atoms with Crippen LogP contribution in [0, 0.1) is 24.0 Å². The van der Waals surface area contributed by atoms with Gasteiger partial charge in [0.1, 0.15) is 11.3 Å². The lowest BCUT2D eigenvalue weighted by Crippen LogP contribution is -2.07. The van der Waals surface area contributed by atoms with Crippen LogP contribution < -0.4 is 0 Å². The van der Waals surface area contributed by atoms with E-state index in [0.29, 0.717) is 22.5 Å². The van der Waals surface area contributed by atoms with Gasteiger partial charge < -0.3 is 4.74 Å². The number of aromatic nitrogens is 2. The molecule has 1 heterocycles. The van der Waals surface area contributed by atoms with Gasteiger partial charge >= 0.3 is 5.97 Å². The maximum Gasteiger partial charge on any atom is 0.342 e. The number of non-ortho nitro benzene ring substituents is 1. The molecule has 7 heteroatoms. The molecule has 0 aliphatic carbocycles. The minimum Gasteiger partial charge on any atom is -0.462 e. The van der Waals surface area contributed by atoms with Crippen molar-refractivity contribution in [2.45, 2.75) is 20.8 Å². The molecule has 0 unspecified atom stereocenters. The minimum atomic E-state index is -0.471. The minimum absolute atomic E-state index is 0.0221. The highest BCUT2D eigenvalue weighted by Gasteiger charge is 2.24. The van der Waals surface area contributed by atoms with E-state index in [0.717, 1.165) is 11.3 Å². The van der Waals surface area contributed by atoms with E-state index in [1.54, 1.807) is 30.7 Å². The number of nitro groups is 1. The Labute approximate surface area is 156 Å². The summed E-state index contributed by atoms with van der Waals surface area (Å²) in [6, 6.07) is 13.7. The lowest BCUT2D eigenvalue weighted by molar-refractivity contribution is -0.384. The number of rotatable bonds is 5. The summed E-state index contributed by atoms with van der Waals surface area (Å²) < 4.78 is 6.88. The van der Waals surface area contributed by atoms with Gasteiger partial charge in [-0.1, -0.05) is 17.7 Å². The Morgan fingerprint density at radius 1 is 1.11 bits per heavy atom. The molecule has 0 aliphatic rings. The Kier molecular flexibility index (Phi) is 5.03. The van der Waals surface area contributed by atoms with Crippen LogP contribution in [-0.4, -0.2) is 27.3 Å². The van der Waals surface area contributed by atoms with Crippen LogP contribution in [0.1, 0.15) is 28.5 Å². The average Bonchev–Trinajstić information content (AvgIpc) is 3.00. The molecule has 0 bridgehead atoms. The highest BCUT2D eigenvalue weighted by atomic mass is 16.6. The van der Waals surface area contributed by atoms with E-state index in [4.69, 9.17) is 4.74 Å². The first kappa shape index (κ1) is 18.3. The van der Waals surface area contributed by atoms with Gasteiger partial charge in [0.15, 0.2) is 0 Å². The first-order chi connectivity index (χ1) is 12.9. The van der Waals surface area contributed by atoms with Gasteiger partial charge in [0.25, 0.3) is 5.69 Å². The Balaban J connectivity index is 2.16. The third-order valence-corrected chi connectivity index (χ3v) is 4.23. The molecule has 0 N–H and O–H groups in total. The van der Waals surface area contributed by atoms with Crippen molar-refractivity contribution in [3.05, 3.63) is 75.5 Å². The first-order valence-electron chi connectivity index (χ1n) is 8.51. The fraction of sp³-hybridized carbons (Fsp3) is 0.200. The van der Waals surface area contributed by atoms with Crippen molar-refractivity contribution in [2.75, 3.05) is 6.61 Å². The van der Waals surface area contributed by atoms with Crippen molar-refractivity contribution >= 4 is 11.7 Å². The molecule has 7 nitrogen and oxygen atoms in total. The van der Waals surface area contributed by atoms with Gasteiger partial charge in [0.2, 0.25) is 0 Å². The molecule has 3 rings (SSSR count). The summed E-state index contributed by atoms with van der Waals surface area (Å²) in [5.74, 6) is -0.471. The smallest absolute Gasteiger partial charge is 0.342 e. The highest BCUT2D eigenvalue weighted by Crippen LogP contribution is 2.29. The predicted octanol–water partition coefficient (Wildman–Crippen LogP) is 4.24. The number of hydrogen-bond acceptors (Lipinski definition) is 5. The van der Waals surface area contributed by atoms with Gasteiger partial charge in [-0.05, 0) is 45.0 Å². The summed E-state index contributed by atoms with van der Waals surface area (Å²) in [6.45, 7) is 5.77. The van der Waals surface area contributed by atoms with E-state index in [9.17, 15) is 14.9 Å². The van der Waals surface area contributed by atoms with Crippen LogP contribution in [0.5, 0.6) is 0 Å². The number of carbonyl (C=O) groups excluding carboxylic acids is 1. The van der Waals surface area contributed by atoms with E-state index >= 15 is 0 Å². The van der Waals surface area contributed by atoms with Crippen LogP contribution in [0.4, 0.5) is 5.69 Å². The van der Waals surface area contributed by atoms with Gasteiger partial charge in [0, 0.05) is 17.7 Å². The molecule has 138 valence electrons. The van der Waals surface area contributed by atoms with Crippen molar-refractivity contribution in [2.24, 2.45) is 0 Å². The second-order valence-electron chi connectivity index (χ2n) is 6.08. The largest absolute Gasteiger partial charge is 0.462 e. The fourth-order valence-electron chi connectivity index (χ4n) is 2.83. The number of benzene rings is 2. The molecule has 0 atom stereocenters. The molecule has 0 saturated heterocycles. The monoisotopic (exact) mass is 365 g/mol. The van der Waals surface area contributed by atoms with Crippen molar-refractivity contribution in [1.82, 2.24) is 9.78 Å². The maximum atomic E-state index is 12.5. The maximum absolute atomic E-state index is 12.5. The molecular weight excluding hydrogens is 346 g/mol. The van der Waals surface area contributed by atoms with Crippen LogP contribution in [0.3, 0.4) is 0 Å². The second-order valence-corrected chi connectivity index (χ2v) is 6.08. The molecule has 0 amide bonds. The molecule has 3 aromatic rings. The van der Waals surface area contributed by atoms with E-state index in [-0.39, 0.29) is 12.3 Å². The van der Waals surface area contributed by atoms with E-state index in [1.165, 1.54) is 12.1 Å². The van der Waals surface area contributed by atoms with Crippen LogP contribution in [0.2, 0.25) is 0 Å². The van der Waals surface area contributed by atoms with Crippen LogP contribution in [0.25, 0.3) is 16.9 Å². The summed E-state index contributed by atoms with van der Waals surface area (Å²) in [4.78, 5) is 23.0. The number of nitro benzene ring substituents is 1. The molecule has 1 aromatic heterocycles. The van der Waals surface area contributed by atoms with Crippen molar-refractivity contribution < 1.29 is 14.5 Å². The highest BCUT2D eigenvalue weighted by molar-refractivity contribution is 5.97. The molecule has 0 saturated carbocycles. The van der Waals surface area contributed by atoms with Crippen molar-refractivity contribution in [3.8, 4) is 16.9 Å². The van der Waals surface area contributed by atoms with E-state index in [1.807, 2.05) is 31.2 Å². The second kappa shape index (κ2) is 7.41. The zero-order chi connectivity index (χ0) is 19.6. The predicted molar refractivity (Wildman–Crippen MR) is 101 cm³/mol. The van der Waals surface area contributed by atoms with Crippen molar-refractivity contribution in [3.63, 3.8) is 0 Å². The van der Waals surface area contributed by atoms with Crippen LogP contribution >= 0.6 is 0 Å². The zero-order valence-corrected chi connectivity index (χ0v) is 15.3. The molecule has 0 fully saturated rings. The Morgan fingerprint density at radius 2 is 1.74 bits per heavy atom. The zero-order valence-electron chi connectivity index (χ0n) is 15.3. The van der Waals surface area contributed by atoms with E-state index < -0.39 is 10.9 Å². The third-order valence-electron chi connectivity index (χ3n) is 4.23. The third kappa shape index (κ3) is 3.57. The number of carbonyl (C=O) groups is 1. The lowest BCUT2D eigenvalue weighted by Gasteiger charge is -2.05. The molecule has 0 aliphatic heterocycles.